The highest BCUT2D eigenvalue weighted by Gasteiger charge is 2.24. The van der Waals surface area contributed by atoms with Gasteiger partial charge >= 0.3 is 0 Å². The molecule has 0 amide bonds. The van der Waals surface area contributed by atoms with Crippen molar-refractivity contribution in [3.8, 4) is 5.88 Å². The van der Waals surface area contributed by atoms with Gasteiger partial charge in [0.25, 0.3) is 0 Å². The van der Waals surface area contributed by atoms with Crippen molar-refractivity contribution in [1.82, 2.24) is 15.3 Å². The van der Waals surface area contributed by atoms with E-state index in [2.05, 4.69) is 27.1 Å². The molecular formula is C15H26N4O. The van der Waals surface area contributed by atoms with Crippen molar-refractivity contribution in [3.05, 3.63) is 11.8 Å². The van der Waals surface area contributed by atoms with Crippen molar-refractivity contribution in [2.75, 3.05) is 24.5 Å². The molecule has 5 nitrogen and oxygen atoms in total. The molecule has 1 aliphatic heterocycles. The molecule has 2 heterocycles. The summed E-state index contributed by atoms with van der Waals surface area (Å²) < 4.78 is 5.73. The highest BCUT2D eigenvalue weighted by atomic mass is 16.5. The average Bonchev–Trinajstić information content (AvgIpc) is 2.87. The minimum Gasteiger partial charge on any atom is -0.475 e. The molecule has 0 saturated carbocycles. The van der Waals surface area contributed by atoms with Crippen LogP contribution < -0.4 is 15.0 Å². The molecule has 1 saturated heterocycles. The van der Waals surface area contributed by atoms with Gasteiger partial charge in [-0.05, 0) is 40.2 Å². The average molecular weight is 278 g/mol. The minimum atomic E-state index is 0.130. The Morgan fingerprint density at radius 1 is 1.45 bits per heavy atom. The third-order valence-corrected chi connectivity index (χ3v) is 3.37. The Morgan fingerprint density at radius 3 is 2.85 bits per heavy atom. The van der Waals surface area contributed by atoms with Crippen molar-refractivity contribution >= 4 is 5.95 Å². The van der Waals surface area contributed by atoms with Crippen LogP contribution in [0.2, 0.25) is 0 Å². The van der Waals surface area contributed by atoms with Crippen LogP contribution in [0.5, 0.6) is 5.88 Å². The highest BCUT2D eigenvalue weighted by molar-refractivity contribution is 5.36. The molecule has 0 bridgehead atoms. The monoisotopic (exact) mass is 278 g/mol. The van der Waals surface area contributed by atoms with Crippen LogP contribution in [0.4, 0.5) is 5.95 Å². The number of ether oxygens (including phenoxy) is 1. The summed E-state index contributed by atoms with van der Waals surface area (Å²) >= 11 is 0. The number of aromatic nitrogens is 2. The van der Waals surface area contributed by atoms with Crippen molar-refractivity contribution in [3.63, 3.8) is 0 Å². The first-order chi connectivity index (χ1) is 9.60. The lowest BCUT2D eigenvalue weighted by molar-refractivity contribution is 0.232. The van der Waals surface area contributed by atoms with Crippen LogP contribution in [0.1, 0.15) is 39.3 Å². The summed E-state index contributed by atoms with van der Waals surface area (Å²) in [6, 6.07) is 2.39. The molecule has 0 spiro atoms. The molecule has 2 rings (SSSR count). The van der Waals surface area contributed by atoms with E-state index >= 15 is 0 Å². The molecule has 1 fully saturated rings. The number of hydrogen-bond donors (Lipinski definition) is 1. The van der Waals surface area contributed by atoms with E-state index < -0.39 is 0 Å². The molecule has 1 aliphatic rings. The van der Waals surface area contributed by atoms with Crippen LogP contribution in [0.3, 0.4) is 0 Å². The lowest BCUT2D eigenvalue weighted by atomic mass is 10.2. The number of hydrogen-bond acceptors (Lipinski definition) is 5. The predicted octanol–water partition coefficient (Wildman–Crippen LogP) is 2.15. The quantitative estimate of drug-likeness (QED) is 0.864. The van der Waals surface area contributed by atoms with Gasteiger partial charge in [-0.25, -0.2) is 4.98 Å². The summed E-state index contributed by atoms with van der Waals surface area (Å²) in [5, 5.41) is 3.41. The van der Waals surface area contributed by atoms with E-state index in [1.807, 2.05) is 26.8 Å². The maximum Gasteiger partial charge on any atom is 0.229 e. The Bertz CT molecular complexity index is 430. The topological polar surface area (TPSA) is 50.3 Å². The third-order valence-electron chi connectivity index (χ3n) is 3.37. The first-order valence-corrected chi connectivity index (χ1v) is 7.60. The molecular weight excluding hydrogens is 252 g/mol. The number of nitrogens with one attached hydrogen (secondary N) is 1. The lowest BCUT2D eigenvalue weighted by Crippen LogP contribution is -2.38. The van der Waals surface area contributed by atoms with Crippen LogP contribution >= 0.6 is 0 Å². The molecule has 1 aromatic rings. The third kappa shape index (κ3) is 3.82. The smallest absolute Gasteiger partial charge is 0.229 e. The molecule has 112 valence electrons. The van der Waals surface area contributed by atoms with E-state index in [4.69, 9.17) is 4.74 Å². The van der Waals surface area contributed by atoms with Crippen LogP contribution in [0, 0.1) is 6.92 Å². The fraction of sp³-hybridized carbons (Fsp3) is 0.733. The van der Waals surface area contributed by atoms with Gasteiger partial charge in [-0.3, -0.25) is 0 Å². The van der Waals surface area contributed by atoms with Crippen LogP contribution in [-0.2, 0) is 0 Å². The molecule has 1 unspecified atom stereocenters. The summed E-state index contributed by atoms with van der Waals surface area (Å²) in [6.07, 6.45) is 2.37. The van der Waals surface area contributed by atoms with Gasteiger partial charge in [0.2, 0.25) is 11.8 Å². The molecule has 0 radical (unpaired) electrons. The fourth-order valence-electron chi connectivity index (χ4n) is 2.55. The van der Waals surface area contributed by atoms with Crippen molar-refractivity contribution < 1.29 is 4.74 Å². The Kier molecular flexibility index (Phi) is 5.17. The summed E-state index contributed by atoms with van der Waals surface area (Å²) in [6.45, 7) is 11.3. The Labute approximate surface area is 121 Å². The standard InChI is InChI=1S/C15H26N4O/c1-5-8-19(13-6-7-16-10-13)15-17-12(4)9-14(18-15)20-11(2)3/h9,11,13,16H,5-8,10H2,1-4H3. The second kappa shape index (κ2) is 6.88. The molecule has 0 aliphatic carbocycles. The fourth-order valence-corrected chi connectivity index (χ4v) is 2.55. The number of aryl methyl sites for hydroxylation is 1. The van der Waals surface area contributed by atoms with Gasteiger partial charge in [-0.2, -0.15) is 4.98 Å². The zero-order valence-electron chi connectivity index (χ0n) is 13.0. The van der Waals surface area contributed by atoms with E-state index in [9.17, 15) is 0 Å². The van der Waals surface area contributed by atoms with E-state index in [0.717, 1.165) is 44.1 Å². The second-order valence-corrected chi connectivity index (χ2v) is 5.65. The van der Waals surface area contributed by atoms with Gasteiger partial charge < -0.3 is 15.0 Å². The van der Waals surface area contributed by atoms with Crippen molar-refractivity contribution in [2.24, 2.45) is 0 Å². The largest absolute Gasteiger partial charge is 0.475 e. The predicted molar refractivity (Wildman–Crippen MR) is 81.4 cm³/mol. The summed E-state index contributed by atoms with van der Waals surface area (Å²) in [4.78, 5) is 11.5. The van der Waals surface area contributed by atoms with E-state index in [-0.39, 0.29) is 6.10 Å². The Morgan fingerprint density at radius 2 is 2.25 bits per heavy atom. The van der Waals surface area contributed by atoms with E-state index in [0.29, 0.717) is 11.9 Å². The highest BCUT2D eigenvalue weighted by Crippen LogP contribution is 2.21. The van der Waals surface area contributed by atoms with Crippen molar-refractivity contribution in [1.29, 1.82) is 0 Å². The van der Waals surface area contributed by atoms with Gasteiger partial charge in [0.15, 0.2) is 0 Å². The SMILES string of the molecule is CCCN(c1nc(C)cc(OC(C)C)n1)C1CCNC1. The van der Waals surface area contributed by atoms with Crippen LogP contribution in [-0.4, -0.2) is 41.7 Å². The number of rotatable bonds is 6. The normalized spacial score (nSPS) is 18.6. The first-order valence-electron chi connectivity index (χ1n) is 7.60. The summed E-state index contributed by atoms with van der Waals surface area (Å²) in [5.74, 6) is 1.48. The van der Waals surface area contributed by atoms with Gasteiger partial charge in [0.1, 0.15) is 0 Å². The number of nitrogens with zero attached hydrogens (tertiary/aromatic N) is 3. The summed E-state index contributed by atoms with van der Waals surface area (Å²) in [7, 11) is 0. The lowest BCUT2D eigenvalue weighted by Gasteiger charge is -2.28. The first kappa shape index (κ1) is 15.0. The molecule has 1 atom stereocenters. The van der Waals surface area contributed by atoms with Crippen molar-refractivity contribution in [2.45, 2.75) is 52.7 Å². The van der Waals surface area contributed by atoms with Crippen LogP contribution in [0.15, 0.2) is 6.07 Å². The maximum atomic E-state index is 5.73. The molecule has 5 heteroatoms. The molecule has 20 heavy (non-hydrogen) atoms. The van der Waals surface area contributed by atoms with E-state index in [1.54, 1.807) is 0 Å². The zero-order chi connectivity index (χ0) is 14.5. The van der Waals surface area contributed by atoms with E-state index in [1.165, 1.54) is 0 Å². The van der Waals surface area contributed by atoms with Gasteiger partial charge in [-0.15, -0.1) is 0 Å². The van der Waals surface area contributed by atoms with Gasteiger partial charge in [0, 0.05) is 30.9 Å². The second-order valence-electron chi connectivity index (χ2n) is 5.65. The maximum absolute atomic E-state index is 5.73. The van der Waals surface area contributed by atoms with Crippen LogP contribution in [0.25, 0.3) is 0 Å². The molecule has 0 aromatic carbocycles. The number of anilines is 1. The zero-order valence-corrected chi connectivity index (χ0v) is 13.0. The molecule has 1 N–H and O–H groups in total. The minimum absolute atomic E-state index is 0.130. The van der Waals surface area contributed by atoms with Gasteiger partial charge in [0.05, 0.1) is 6.10 Å². The van der Waals surface area contributed by atoms with Gasteiger partial charge in [-0.1, -0.05) is 6.92 Å². The summed E-state index contributed by atoms with van der Waals surface area (Å²) in [5.41, 5.74) is 0.956. The Balaban J connectivity index is 2.24. The molecule has 1 aromatic heterocycles. The Hall–Kier alpha value is -1.36.